The fourth-order valence-electron chi connectivity index (χ4n) is 1.83. The van der Waals surface area contributed by atoms with E-state index in [1.54, 1.807) is 0 Å². The Kier molecular flexibility index (Phi) is 7.88. The lowest BCUT2D eigenvalue weighted by atomic mass is 10.1. The second-order valence-electron chi connectivity index (χ2n) is 5.11. The van der Waals surface area contributed by atoms with Gasteiger partial charge in [-0.2, -0.15) is 12.6 Å². The van der Waals surface area contributed by atoms with Crippen LogP contribution in [-0.2, 0) is 25.6 Å². The van der Waals surface area contributed by atoms with Crippen molar-refractivity contribution in [2.75, 3.05) is 5.75 Å². The number of carboxylic acids is 2. The second kappa shape index (κ2) is 9.64. The van der Waals surface area contributed by atoms with Gasteiger partial charge in [0.25, 0.3) is 0 Å². The van der Waals surface area contributed by atoms with Crippen LogP contribution in [0.15, 0.2) is 12.5 Å². The second-order valence-corrected chi connectivity index (χ2v) is 5.48. The lowest BCUT2D eigenvalue weighted by Gasteiger charge is -2.21. The Morgan fingerprint density at radius 3 is 2.32 bits per heavy atom. The summed E-state index contributed by atoms with van der Waals surface area (Å²) in [6.45, 7) is 0. The lowest BCUT2D eigenvalue weighted by molar-refractivity contribution is -0.147. The average molecular weight is 373 g/mol. The van der Waals surface area contributed by atoms with E-state index < -0.39 is 48.3 Å². The van der Waals surface area contributed by atoms with Gasteiger partial charge >= 0.3 is 11.9 Å². The number of aliphatic carboxylic acids is 2. The summed E-state index contributed by atoms with van der Waals surface area (Å²) in [5, 5.41) is 22.2. The molecule has 12 heteroatoms. The van der Waals surface area contributed by atoms with Gasteiger partial charge in [-0.15, -0.1) is 0 Å². The monoisotopic (exact) mass is 373 g/mol. The van der Waals surface area contributed by atoms with E-state index in [2.05, 4.69) is 33.2 Å². The van der Waals surface area contributed by atoms with Crippen molar-refractivity contribution in [3.63, 3.8) is 0 Å². The van der Waals surface area contributed by atoms with Gasteiger partial charge in [0.15, 0.2) is 0 Å². The van der Waals surface area contributed by atoms with Crippen molar-refractivity contribution in [2.24, 2.45) is 5.73 Å². The van der Waals surface area contributed by atoms with Crippen LogP contribution in [0, 0.1) is 0 Å². The van der Waals surface area contributed by atoms with Crippen molar-refractivity contribution in [3.05, 3.63) is 18.2 Å². The van der Waals surface area contributed by atoms with Gasteiger partial charge in [-0.25, -0.2) is 9.78 Å². The molecular weight excluding hydrogens is 354 g/mol. The molecule has 1 aromatic rings. The van der Waals surface area contributed by atoms with Crippen molar-refractivity contribution in [2.45, 2.75) is 31.0 Å². The van der Waals surface area contributed by atoms with E-state index in [9.17, 15) is 19.2 Å². The molecule has 0 fully saturated rings. The van der Waals surface area contributed by atoms with Crippen LogP contribution in [0.4, 0.5) is 0 Å². The van der Waals surface area contributed by atoms with E-state index in [-0.39, 0.29) is 12.2 Å². The normalized spacial score (nSPS) is 14.2. The predicted molar refractivity (Wildman–Crippen MR) is 87.9 cm³/mol. The number of thiol groups is 1. The molecule has 2 amide bonds. The topological polar surface area (TPSA) is 187 Å². The smallest absolute Gasteiger partial charge is 0.326 e. The quantitative estimate of drug-likeness (QED) is 0.224. The maximum Gasteiger partial charge on any atom is 0.326 e. The zero-order chi connectivity index (χ0) is 19.0. The van der Waals surface area contributed by atoms with E-state index in [0.717, 1.165) is 0 Å². The molecule has 1 rings (SSSR count). The molecule has 0 aliphatic carbocycles. The first kappa shape index (κ1) is 20.4. The molecule has 0 unspecified atom stereocenters. The zero-order valence-electron chi connectivity index (χ0n) is 13.0. The maximum atomic E-state index is 12.3. The van der Waals surface area contributed by atoms with Crippen molar-refractivity contribution < 1.29 is 29.4 Å². The number of nitrogens with two attached hydrogens (primary N) is 1. The van der Waals surface area contributed by atoms with Gasteiger partial charge in [-0.3, -0.25) is 14.4 Å². The van der Waals surface area contributed by atoms with E-state index >= 15 is 0 Å². The molecule has 25 heavy (non-hydrogen) atoms. The third-order valence-corrected chi connectivity index (χ3v) is 3.52. The van der Waals surface area contributed by atoms with Crippen LogP contribution in [0.5, 0.6) is 0 Å². The highest BCUT2D eigenvalue weighted by Gasteiger charge is 2.29. The van der Waals surface area contributed by atoms with Crippen molar-refractivity contribution in [1.82, 2.24) is 20.6 Å². The Labute approximate surface area is 147 Å². The van der Waals surface area contributed by atoms with Crippen LogP contribution in [0.1, 0.15) is 12.1 Å². The SMILES string of the molecule is N[C@@H](CS)C(=O)N[C@@H](Cc1c[nH]cn1)C(=O)N[C@@H](CC(=O)O)C(=O)O. The summed E-state index contributed by atoms with van der Waals surface area (Å²) >= 11 is 3.89. The summed E-state index contributed by atoms with van der Waals surface area (Å²) in [5.41, 5.74) is 5.98. The summed E-state index contributed by atoms with van der Waals surface area (Å²) in [6.07, 6.45) is 2.02. The van der Waals surface area contributed by atoms with Crippen LogP contribution < -0.4 is 16.4 Å². The maximum absolute atomic E-state index is 12.3. The third kappa shape index (κ3) is 6.81. The van der Waals surface area contributed by atoms with Crippen molar-refractivity contribution in [3.8, 4) is 0 Å². The number of carbonyl (C=O) groups excluding carboxylic acids is 2. The molecule has 0 saturated heterocycles. The van der Waals surface area contributed by atoms with Gasteiger partial charge in [0.05, 0.1) is 24.5 Å². The molecule has 0 saturated carbocycles. The number of imidazole rings is 1. The Morgan fingerprint density at radius 2 is 1.84 bits per heavy atom. The summed E-state index contributed by atoms with van der Waals surface area (Å²) < 4.78 is 0. The highest BCUT2D eigenvalue weighted by atomic mass is 32.1. The number of nitrogens with one attached hydrogen (secondary N) is 3. The van der Waals surface area contributed by atoms with Crippen LogP contribution >= 0.6 is 12.6 Å². The summed E-state index contributed by atoms with van der Waals surface area (Å²) in [4.78, 5) is 52.6. The highest BCUT2D eigenvalue weighted by molar-refractivity contribution is 7.80. The number of carboxylic acid groups (broad SMARTS) is 2. The molecule has 0 aliphatic heterocycles. The molecule has 1 heterocycles. The lowest BCUT2D eigenvalue weighted by Crippen LogP contribution is -2.55. The van der Waals surface area contributed by atoms with Crippen LogP contribution in [0.3, 0.4) is 0 Å². The van der Waals surface area contributed by atoms with E-state index in [4.69, 9.17) is 15.9 Å². The van der Waals surface area contributed by atoms with Crippen LogP contribution in [-0.4, -0.2) is 67.8 Å². The van der Waals surface area contributed by atoms with Gasteiger partial charge in [0.1, 0.15) is 12.1 Å². The zero-order valence-corrected chi connectivity index (χ0v) is 13.9. The van der Waals surface area contributed by atoms with Crippen molar-refractivity contribution in [1.29, 1.82) is 0 Å². The molecule has 0 aromatic carbocycles. The molecule has 0 bridgehead atoms. The van der Waals surface area contributed by atoms with Crippen molar-refractivity contribution >= 4 is 36.4 Å². The number of H-pyrrole nitrogens is 1. The predicted octanol–water partition coefficient (Wildman–Crippen LogP) is -2.26. The standard InChI is InChI=1S/C13H19N5O6S/c14-7(4-25)11(21)17-8(1-6-3-15-5-16-6)12(22)18-9(13(23)24)2-10(19)20/h3,5,7-9,25H,1-2,4,14H2,(H,15,16)(H,17,21)(H,18,22)(H,19,20)(H,23,24)/t7-,8-,9-/m0/s1. The van der Waals surface area contributed by atoms with Gasteiger partial charge in [-0.05, 0) is 0 Å². The van der Waals surface area contributed by atoms with Gasteiger partial charge < -0.3 is 31.6 Å². The highest BCUT2D eigenvalue weighted by Crippen LogP contribution is 2.02. The molecule has 0 aliphatic rings. The largest absolute Gasteiger partial charge is 0.481 e. The summed E-state index contributed by atoms with van der Waals surface area (Å²) in [7, 11) is 0. The number of hydrogen-bond donors (Lipinski definition) is 7. The van der Waals surface area contributed by atoms with Crippen LogP contribution in [0.2, 0.25) is 0 Å². The Bertz CT molecular complexity index is 622. The Hall–Kier alpha value is -2.60. The molecule has 138 valence electrons. The number of nitrogens with zero attached hydrogens (tertiary/aromatic N) is 1. The Morgan fingerprint density at radius 1 is 1.20 bits per heavy atom. The van der Waals surface area contributed by atoms with Crippen LogP contribution in [0.25, 0.3) is 0 Å². The summed E-state index contributed by atoms with van der Waals surface area (Å²) in [5.74, 6) is -4.38. The van der Waals surface area contributed by atoms with Gasteiger partial charge in [0, 0.05) is 18.4 Å². The molecule has 0 spiro atoms. The summed E-state index contributed by atoms with van der Waals surface area (Å²) in [6, 6.07) is -3.79. The van der Waals surface area contributed by atoms with E-state index in [1.165, 1.54) is 12.5 Å². The minimum Gasteiger partial charge on any atom is -0.481 e. The molecule has 7 N–H and O–H groups in total. The molecule has 1 aromatic heterocycles. The van der Waals surface area contributed by atoms with E-state index in [0.29, 0.717) is 5.69 Å². The fourth-order valence-corrected chi connectivity index (χ4v) is 2.00. The number of carbonyl (C=O) groups is 4. The number of aromatic amines is 1. The number of rotatable bonds is 10. The molecular formula is C13H19N5O6S. The Balaban J connectivity index is 2.88. The first-order valence-electron chi connectivity index (χ1n) is 7.14. The molecule has 0 radical (unpaired) electrons. The molecule has 3 atom stereocenters. The first-order chi connectivity index (χ1) is 11.7. The first-order valence-corrected chi connectivity index (χ1v) is 7.77. The third-order valence-electron chi connectivity index (χ3n) is 3.13. The number of hydrogen-bond acceptors (Lipinski definition) is 7. The van der Waals surface area contributed by atoms with E-state index in [1.807, 2.05) is 0 Å². The van der Waals surface area contributed by atoms with Gasteiger partial charge in [0.2, 0.25) is 11.8 Å². The average Bonchev–Trinajstić information content (AvgIpc) is 3.05. The minimum atomic E-state index is -1.64. The number of aromatic nitrogens is 2. The number of amides is 2. The molecule has 11 nitrogen and oxygen atoms in total. The van der Waals surface area contributed by atoms with Gasteiger partial charge in [-0.1, -0.05) is 0 Å². The fraction of sp³-hybridized carbons (Fsp3) is 0.462. The minimum absolute atomic E-state index is 0.0410.